The monoisotopic (exact) mass is 321 g/mol. The van der Waals surface area contributed by atoms with Gasteiger partial charge in [0.1, 0.15) is 5.60 Å². The molecule has 7 heteroatoms. The molecule has 5 nitrogen and oxygen atoms in total. The molecule has 2 aliphatic rings. The Labute approximate surface area is 126 Å². The molecule has 0 radical (unpaired) electrons. The van der Waals surface area contributed by atoms with Crippen LogP contribution < -0.4 is 0 Å². The molecule has 2 rings (SSSR count). The Bertz CT molecular complexity index is 486. The molecule has 2 fully saturated rings. The number of fused-ring (bicyclic) bond motifs is 2. The Kier molecular flexibility index (Phi) is 4.52. The maximum absolute atomic E-state index is 12.9. The van der Waals surface area contributed by atoms with Gasteiger partial charge in [-0.2, -0.15) is 8.42 Å². The summed E-state index contributed by atoms with van der Waals surface area (Å²) in [5, 5.41) is 0. The molecule has 2 heterocycles. The molecule has 2 bridgehead atoms. The quantitative estimate of drug-likeness (QED) is 0.734. The first-order valence-corrected chi connectivity index (χ1v) is 9.04. The van der Waals surface area contributed by atoms with Crippen LogP contribution in [0.15, 0.2) is 0 Å². The maximum Gasteiger partial charge on any atom is 0.410 e. The molecule has 1 amide bonds. The van der Waals surface area contributed by atoms with E-state index in [9.17, 15) is 17.1 Å². The van der Waals surface area contributed by atoms with Crippen LogP contribution in [-0.2, 0) is 15.0 Å². The van der Waals surface area contributed by atoms with E-state index >= 15 is 0 Å². The zero-order chi connectivity index (χ0) is 15.8. The molecule has 21 heavy (non-hydrogen) atoms. The van der Waals surface area contributed by atoms with Gasteiger partial charge in [-0.1, -0.05) is 0 Å². The molecule has 2 saturated heterocycles. The maximum atomic E-state index is 12.9. The fourth-order valence-electron chi connectivity index (χ4n) is 3.52. The number of nitrogens with zero attached hydrogens (tertiary/aromatic N) is 1. The summed E-state index contributed by atoms with van der Waals surface area (Å²) < 4.78 is 40.0. The first kappa shape index (κ1) is 16.5. The van der Waals surface area contributed by atoms with E-state index in [1.54, 1.807) is 4.90 Å². The predicted octanol–water partition coefficient (Wildman–Crippen LogP) is 2.85. The largest absolute Gasteiger partial charge is 0.444 e. The second kappa shape index (κ2) is 5.74. The third kappa shape index (κ3) is 4.56. The molecule has 0 aromatic heterocycles. The summed E-state index contributed by atoms with van der Waals surface area (Å²) in [5.74, 6) is -0.628. The number of hydrogen-bond acceptors (Lipinski definition) is 4. The summed E-state index contributed by atoms with van der Waals surface area (Å²) in [6.07, 6.45) is 3.43. The van der Waals surface area contributed by atoms with E-state index < -0.39 is 21.6 Å². The van der Waals surface area contributed by atoms with Gasteiger partial charge in [-0.25, -0.2) is 4.79 Å². The van der Waals surface area contributed by atoms with Gasteiger partial charge < -0.3 is 9.64 Å². The first-order valence-electron chi connectivity index (χ1n) is 7.49. The molecule has 0 aromatic rings. The number of hydrogen-bond donors (Lipinski definition) is 0. The molecule has 0 aromatic carbocycles. The lowest BCUT2D eigenvalue weighted by Gasteiger charge is -2.48. The van der Waals surface area contributed by atoms with Crippen molar-refractivity contribution in [2.75, 3.05) is 5.75 Å². The third-order valence-electron chi connectivity index (χ3n) is 4.11. The zero-order valence-electron chi connectivity index (χ0n) is 12.8. The first-order chi connectivity index (χ1) is 9.55. The van der Waals surface area contributed by atoms with Gasteiger partial charge >= 0.3 is 16.3 Å². The molecule has 0 saturated carbocycles. The van der Waals surface area contributed by atoms with Gasteiger partial charge in [-0.15, -0.1) is 3.89 Å². The summed E-state index contributed by atoms with van der Waals surface area (Å²) in [7, 11) is -4.46. The van der Waals surface area contributed by atoms with Gasteiger partial charge in [0.05, 0.1) is 5.75 Å². The number of rotatable bonds is 2. The van der Waals surface area contributed by atoms with Crippen molar-refractivity contribution in [3.05, 3.63) is 0 Å². The molecule has 0 aliphatic carbocycles. The molecule has 122 valence electrons. The van der Waals surface area contributed by atoms with Crippen LogP contribution in [0.3, 0.4) is 0 Å². The van der Waals surface area contributed by atoms with Gasteiger partial charge in [0.2, 0.25) is 0 Å². The van der Waals surface area contributed by atoms with E-state index in [2.05, 4.69) is 0 Å². The van der Waals surface area contributed by atoms with Crippen LogP contribution in [0, 0.1) is 5.92 Å². The molecule has 0 N–H and O–H groups in total. The second-order valence-electron chi connectivity index (χ2n) is 7.17. The minimum absolute atomic E-state index is 0.0286. The Morgan fingerprint density at radius 3 is 2.19 bits per heavy atom. The number of halogens is 1. The van der Waals surface area contributed by atoms with Gasteiger partial charge in [-0.3, -0.25) is 0 Å². The Morgan fingerprint density at radius 2 is 1.76 bits per heavy atom. The molecule has 2 atom stereocenters. The van der Waals surface area contributed by atoms with Crippen molar-refractivity contribution in [3.63, 3.8) is 0 Å². The Hall–Kier alpha value is -0.850. The number of piperidine rings is 2. The number of carbonyl (C=O) groups is 1. The van der Waals surface area contributed by atoms with Crippen molar-refractivity contribution in [3.8, 4) is 0 Å². The van der Waals surface area contributed by atoms with E-state index in [0.29, 0.717) is 12.8 Å². The van der Waals surface area contributed by atoms with E-state index in [1.165, 1.54) is 0 Å². The number of ether oxygens (including phenoxy) is 1. The standard InChI is InChI=1S/C14H24FNO4S/c1-14(2,3)20-13(17)16-11-5-4-6-12(16)8-10(7-11)9-21(15,18)19/h10-12H,4-9H2,1-3H3. The lowest BCUT2D eigenvalue weighted by molar-refractivity contribution is -0.0260. The van der Waals surface area contributed by atoms with Crippen LogP contribution in [0.4, 0.5) is 8.68 Å². The minimum Gasteiger partial charge on any atom is -0.444 e. The van der Waals surface area contributed by atoms with E-state index in [1.807, 2.05) is 20.8 Å². The van der Waals surface area contributed by atoms with Crippen molar-refractivity contribution in [1.82, 2.24) is 4.90 Å². The fraction of sp³-hybridized carbons (Fsp3) is 0.929. The highest BCUT2D eigenvalue weighted by Gasteiger charge is 2.43. The summed E-state index contributed by atoms with van der Waals surface area (Å²) in [5.41, 5.74) is -0.551. The van der Waals surface area contributed by atoms with Crippen LogP contribution in [0.25, 0.3) is 0 Å². The number of amides is 1. The molecule has 0 spiro atoms. The molecule has 2 aliphatic heterocycles. The van der Waals surface area contributed by atoms with E-state index in [0.717, 1.165) is 19.3 Å². The topological polar surface area (TPSA) is 63.7 Å². The van der Waals surface area contributed by atoms with Crippen LogP contribution in [-0.4, -0.2) is 42.8 Å². The van der Waals surface area contributed by atoms with Crippen molar-refractivity contribution in [2.24, 2.45) is 5.92 Å². The Balaban J connectivity index is 2.07. The number of carbonyl (C=O) groups excluding carboxylic acids is 1. The average Bonchev–Trinajstić information content (AvgIpc) is 2.22. The lowest BCUT2D eigenvalue weighted by atomic mass is 9.79. The lowest BCUT2D eigenvalue weighted by Crippen LogP contribution is -2.56. The molecular formula is C14H24FNO4S. The van der Waals surface area contributed by atoms with Crippen molar-refractivity contribution in [2.45, 2.75) is 70.6 Å². The highest BCUT2D eigenvalue weighted by atomic mass is 32.3. The zero-order valence-corrected chi connectivity index (χ0v) is 13.7. The van der Waals surface area contributed by atoms with Gasteiger partial charge in [-0.05, 0) is 58.8 Å². The van der Waals surface area contributed by atoms with E-state index in [-0.39, 0.29) is 24.1 Å². The Morgan fingerprint density at radius 1 is 1.24 bits per heavy atom. The summed E-state index contributed by atoms with van der Waals surface area (Å²) in [4.78, 5) is 14.1. The normalized spacial score (nSPS) is 30.1. The van der Waals surface area contributed by atoms with Crippen molar-refractivity contribution >= 4 is 16.3 Å². The van der Waals surface area contributed by atoms with Crippen LogP contribution >= 0.6 is 0 Å². The highest BCUT2D eigenvalue weighted by Crippen LogP contribution is 2.38. The van der Waals surface area contributed by atoms with Gasteiger partial charge in [0, 0.05) is 12.1 Å². The van der Waals surface area contributed by atoms with Crippen LogP contribution in [0.2, 0.25) is 0 Å². The predicted molar refractivity (Wildman–Crippen MR) is 77.1 cm³/mol. The highest BCUT2D eigenvalue weighted by molar-refractivity contribution is 7.86. The average molecular weight is 321 g/mol. The van der Waals surface area contributed by atoms with Gasteiger partial charge in [0.15, 0.2) is 0 Å². The SMILES string of the molecule is CC(C)(C)OC(=O)N1C2CCCC1CC(CS(=O)(=O)F)C2. The molecule has 2 unspecified atom stereocenters. The second-order valence-corrected chi connectivity index (χ2v) is 8.58. The minimum atomic E-state index is -4.46. The van der Waals surface area contributed by atoms with Crippen molar-refractivity contribution in [1.29, 1.82) is 0 Å². The third-order valence-corrected chi connectivity index (χ3v) is 4.98. The van der Waals surface area contributed by atoms with Crippen molar-refractivity contribution < 1.29 is 21.8 Å². The summed E-state index contributed by atoms with van der Waals surface area (Å²) >= 11 is 0. The van der Waals surface area contributed by atoms with E-state index in [4.69, 9.17) is 4.74 Å². The van der Waals surface area contributed by atoms with Crippen LogP contribution in [0.1, 0.15) is 52.9 Å². The van der Waals surface area contributed by atoms with Gasteiger partial charge in [0.25, 0.3) is 0 Å². The summed E-state index contributed by atoms with van der Waals surface area (Å²) in [6.45, 7) is 5.47. The summed E-state index contributed by atoms with van der Waals surface area (Å²) in [6, 6.07) is -0.0572. The molecular weight excluding hydrogens is 297 g/mol. The smallest absolute Gasteiger partial charge is 0.410 e. The fourth-order valence-corrected chi connectivity index (χ4v) is 4.36. The van der Waals surface area contributed by atoms with Crippen LogP contribution in [0.5, 0.6) is 0 Å².